The number of alkyl halides is 3. The molecular formula is C13H4F6O2. The topological polar surface area (TPSA) is 18.5 Å². The Balaban J connectivity index is 2.26. The minimum absolute atomic E-state index is 0.0672. The van der Waals surface area contributed by atoms with E-state index in [-0.39, 0.29) is 11.5 Å². The molecule has 0 aliphatic carbocycles. The summed E-state index contributed by atoms with van der Waals surface area (Å²) in [5, 5.41) is 0. The lowest BCUT2D eigenvalue weighted by molar-refractivity contribution is -0.143. The Morgan fingerprint density at radius 2 is 1.19 bits per heavy atom. The fraction of sp³-hybridized carbons (Fsp3) is 0.0769. The van der Waals surface area contributed by atoms with Gasteiger partial charge in [0.15, 0.2) is 23.1 Å². The third-order valence-electron chi connectivity index (χ3n) is 2.79. The van der Waals surface area contributed by atoms with E-state index < -0.39 is 40.7 Å². The van der Waals surface area contributed by atoms with E-state index in [1.165, 1.54) is 24.3 Å². The second kappa shape index (κ2) is 4.31. The molecule has 0 bridgehead atoms. The molecule has 0 saturated carbocycles. The molecular weight excluding hydrogens is 302 g/mol. The standard InChI is InChI=1S/C13H4F6O2/c14-8-7(13(17,18)19)9(15)11-12(10(8)16)21-6-4-2-1-3-5(6)20-11/h1-4H. The van der Waals surface area contributed by atoms with Crippen molar-refractivity contribution >= 4 is 0 Å². The van der Waals surface area contributed by atoms with Gasteiger partial charge in [-0.25, -0.2) is 8.78 Å². The van der Waals surface area contributed by atoms with Gasteiger partial charge in [0.2, 0.25) is 17.3 Å². The molecule has 8 heteroatoms. The first-order valence-electron chi connectivity index (χ1n) is 5.53. The first kappa shape index (κ1) is 13.6. The lowest BCUT2D eigenvalue weighted by atomic mass is 10.1. The maximum Gasteiger partial charge on any atom is 0.422 e. The highest BCUT2D eigenvalue weighted by Crippen LogP contribution is 2.51. The first-order chi connectivity index (χ1) is 9.80. The van der Waals surface area contributed by atoms with Crippen LogP contribution < -0.4 is 9.47 Å². The average Bonchev–Trinajstić information content (AvgIpc) is 2.42. The summed E-state index contributed by atoms with van der Waals surface area (Å²) in [5.41, 5.74) is -2.36. The number of ether oxygens (including phenoxy) is 2. The van der Waals surface area contributed by atoms with Crippen LogP contribution in [0.15, 0.2) is 24.3 Å². The Kier molecular flexibility index (Phi) is 2.79. The van der Waals surface area contributed by atoms with Crippen LogP contribution in [0.25, 0.3) is 0 Å². The third-order valence-corrected chi connectivity index (χ3v) is 2.79. The Morgan fingerprint density at radius 3 is 1.67 bits per heavy atom. The summed E-state index contributed by atoms with van der Waals surface area (Å²) >= 11 is 0. The second-order valence-electron chi connectivity index (χ2n) is 4.12. The number of para-hydroxylation sites is 2. The normalized spacial score (nSPS) is 13.0. The van der Waals surface area contributed by atoms with Gasteiger partial charge in [-0.3, -0.25) is 0 Å². The van der Waals surface area contributed by atoms with Crippen molar-refractivity contribution in [3.8, 4) is 23.0 Å². The number of fused-ring (bicyclic) bond motifs is 2. The van der Waals surface area contributed by atoms with Crippen molar-refractivity contribution in [2.24, 2.45) is 0 Å². The summed E-state index contributed by atoms with van der Waals surface area (Å²) in [4.78, 5) is 0. The van der Waals surface area contributed by atoms with E-state index in [0.29, 0.717) is 0 Å². The van der Waals surface area contributed by atoms with Crippen molar-refractivity contribution in [2.75, 3.05) is 0 Å². The van der Waals surface area contributed by atoms with Crippen molar-refractivity contribution in [3.63, 3.8) is 0 Å². The number of hydrogen-bond donors (Lipinski definition) is 0. The Hall–Kier alpha value is -2.38. The van der Waals surface area contributed by atoms with Gasteiger partial charge in [-0.1, -0.05) is 12.1 Å². The van der Waals surface area contributed by atoms with Crippen LogP contribution in [0.5, 0.6) is 23.0 Å². The maximum absolute atomic E-state index is 13.9. The maximum atomic E-state index is 13.9. The highest BCUT2D eigenvalue weighted by atomic mass is 19.4. The zero-order valence-corrected chi connectivity index (χ0v) is 9.89. The van der Waals surface area contributed by atoms with Gasteiger partial charge in [0.1, 0.15) is 5.56 Å². The van der Waals surface area contributed by atoms with Crippen LogP contribution in [0.4, 0.5) is 26.3 Å². The molecule has 0 N–H and O–H groups in total. The molecule has 0 radical (unpaired) electrons. The average molecular weight is 306 g/mol. The van der Waals surface area contributed by atoms with Crippen LogP contribution in [0.3, 0.4) is 0 Å². The van der Waals surface area contributed by atoms with Crippen molar-refractivity contribution < 1.29 is 35.8 Å². The van der Waals surface area contributed by atoms with Crippen molar-refractivity contribution in [2.45, 2.75) is 6.18 Å². The zero-order valence-electron chi connectivity index (χ0n) is 9.89. The van der Waals surface area contributed by atoms with Gasteiger partial charge in [-0.15, -0.1) is 0 Å². The summed E-state index contributed by atoms with van der Waals surface area (Å²) in [6.45, 7) is 0. The minimum Gasteiger partial charge on any atom is -0.446 e. The van der Waals surface area contributed by atoms with E-state index in [0.717, 1.165) is 0 Å². The zero-order chi connectivity index (χ0) is 15.4. The molecule has 0 fully saturated rings. The van der Waals surface area contributed by atoms with Gasteiger partial charge in [-0.05, 0) is 12.1 Å². The van der Waals surface area contributed by atoms with Gasteiger partial charge < -0.3 is 9.47 Å². The fourth-order valence-corrected chi connectivity index (χ4v) is 1.89. The summed E-state index contributed by atoms with van der Waals surface area (Å²) in [6.07, 6.45) is -5.41. The Labute approximate surface area is 113 Å². The monoisotopic (exact) mass is 306 g/mol. The molecule has 21 heavy (non-hydrogen) atoms. The summed E-state index contributed by atoms with van der Waals surface area (Å²) in [5.74, 6) is -8.78. The van der Waals surface area contributed by atoms with E-state index in [1.807, 2.05) is 0 Å². The molecule has 0 spiro atoms. The number of halogens is 6. The molecule has 1 aliphatic heterocycles. The lowest BCUT2D eigenvalue weighted by Crippen LogP contribution is -2.16. The summed E-state index contributed by atoms with van der Waals surface area (Å²) in [6, 6.07) is 5.52. The third kappa shape index (κ3) is 1.98. The lowest BCUT2D eigenvalue weighted by Gasteiger charge is -2.23. The predicted octanol–water partition coefficient (Wildman–Crippen LogP) is 5.02. The number of benzene rings is 2. The first-order valence-corrected chi connectivity index (χ1v) is 5.53. The number of hydrogen-bond acceptors (Lipinski definition) is 2. The molecule has 0 atom stereocenters. The van der Waals surface area contributed by atoms with E-state index in [9.17, 15) is 26.3 Å². The largest absolute Gasteiger partial charge is 0.446 e. The van der Waals surface area contributed by atoms with E-state index in [4.69, 9.17) is 9.47 Å². The van der Waals surface area contributed by atoms with Crippen LogP contribution in [0.1, 0.15) is 5.56 Å². The molecule has 0 aromatic heterocycles. The Bertz CT molecular complexity index is 738. The SMILES string of the molecule is Fc1c(F)c(C(F)(F)F)c(F)c2c1Oc1ccccc1O2. The minimum atomic E-state index is -5.41. The Morgan fingerprint density at radius 1 is 0.714 bits per heavy atom. The summed E-state index contributed by atoms with van der Waals surface area (Å²) in [7, 11) is 0. The van der Waals surface area contributed by atoms with Gasteiger partial charge in [0, 0.05) is 0 Å². The highest BCUT2D eigenvalue weighted by Gasteiger charge is 2.44. The second-order valence-corrected chi connectivity index (χ2v) is 4.12. The van der Waals surface area contributed by atoms with Crippen LogP contribution in [-0.2, 0) is 6.18 Å². The summed E-state index contributed by atoms with van der Waals surface area (Å²) < 4.78 is 88.6. The van der Waals surface area contributed by atoms with Gasteiger partial charge in [-0.2, -0.15) is 17.6 Å². The molecule has 0 amide bonds. The van der Waals surface area contributed by atoms with Gasteiger partial charge >= 0.3 is 6.18 Å². The van der Waals surface area contributed by atoms with E-state index >= 15 is 0 Å². The highest BCUT2D eigenvalue weighted by molar-refractivity contribution is 5.57. The molecule has 110 valence electrons. The smallest absolute Gasteiger partial charge is 0.422 e. The molecule has 2 aromatic rings. The molecule has 0 unspecified atom stereocenters. The van der Waals surface area contributed by atoms with Crippen LogP contribution >= 0.6 is 0 Å². The fourth-order valence-electron chi connectivity index (χ4n) is 1.89. The van der Waals surface area contributed by atoms with E-state index in [1.54, 1.807) is 0 Å². The molecule has 2 nitrogen and oxygen atoms in total. The molecule has 3 rings (SSSR count). The molecule has 0 saturated heterocycles. The van der Waals surface area contributed by atoms with Gasteiger partial charge in [0.25, 0.3) is 0 Å². The quantitative estimate of drug-likeness (QED) is 0.429. The van der Waals surface area contributed by atoms with Crippen LogP contribution in [0.2, 0.25) is 0 Å². The van der Waals surface area contributed by atoms with Crippen molar-refractivity contribution in [3.05, 3.63) is 47.3 Å². The molecule has 1 heterocycles. The molecule has 1 aliphatic rings. The van der Waals surface area contributed by atoms with Crippen LogP contribution in [-0.4, -0.2) is 0 Å². The van der Waals surface area contributed by atoms with Gasteiger partial charge in [0.05, 0.1) is 0 Å². The van der Waals surface area contributed by atoms with E-state index in [2.05, 4.69) is 0 Å². The van der Waals surface area contributed by atoms with Crippen molar-refractivity contribution in [1.29, 1.82) is 0 Å². The molecule has 2 aromatic carbocycles. The van der Waals surface area contributed by atoms with Crippen molar-refractivity contribution in [1.82, 2.24) is 0 Å². The van der Waals surface area contributed by atoms with Crippen LogP contribution in [0, 0.1) is 17.5 Å². The number of rotatable bonds is 0. The predicted molar refractivity (Wildman–Crippen MR) is 57.9 cm³/mol.